The summed E-state index contributed by atoms with van der Waals surface area (Å²) in [5, 5.41) is 2.54. The molecule has 0 saturated heterocycles. The lowest BCUT2D eigenvalue weighted by Crippen LogP contribution is -2.12. The minimum Gasteiger partial charge on any atom is -0.437 e. The third-order valence-electron chi connectivity index (χ3n) is 4.79. The number of anilines is 1. The van der Waals surface area contributed by atoms with Crippen LogP contribution in [0.5, 0.6) is 11.6 Å². The number of aromatic nitrogens is 4. The zero-order chi connectivity index (χ0) is 25.9. The number of imidazole rings is 1. The van der Waals surface area contributed by atoms with E-state index in [1.54, 1.807) is 42.2 Å². The molecule has 0 bridgehead atoms. The Morgan fingerprint density at radius 1 is 1.11 bits per heavy atom. The Morgan fingerprint density at radius 3 is 2.64 bits per heavy atom. The Morgan fingerprint density at radius 2 is 1.92 bits per heavy atom. The highest BCUT2D eigenvalue weighted by molar-refractivity contribution is 6.32. The lowest BCUT2D eigenvalue weighted by molar-refractivity contribution is -0.140. The molecule has 36 heavy (non-hydrogen) atoms. The van der Waals surface area contributed by atoms with Gasteiger partial charge in [-0.05, 0) is 42.0 Å². The normalized spacial score (nSPS) is 11.6. The quantitative estimate of drug-likeness (QED) is 0.246. The summed E-state index contributed by atoms with van der Waals surface area (Å²) < 4.78 is 59.6. The number of carbonyl (C=O) groups is 1. The maximum absolute atomic E-state index is 13.4. The molecule has 0 aliphatic carbocycles. The van der Waals surface area contributed by atoms with Crippen LogP contribution in [0.15, 0.2) is 67.1 Å². The molecule has 0 aliphatic heterocycles. The number of carbonyl (C=O) groups excluding carboxylic acids is 1. The predicted molar refractivity (Wildman–Crippen MR) is 125 cm³/mol. The van der Waals surface area contributed by atoms with Crippen LogP contribution in [0, 0.1) is 5.82 Å². The highest BCUT2D eigenvalue weighted by Crippen LogP contribution is 2.33. The minimum atomic E-state index is -4.89. The van der Waals surface area contributed by atoms with E-state index in [1.165, 1.54) is 18.3 Å². The lowest BCUT2D eigenvalue weighted by atomic mass is 10.1. The molecule has 0 atom stereocenters. The average Bonchev–Trinajstić information content (AvgIpc) is 3.26. The molecule has 4 aromatic rings. The van der Waals surface area contributed by atoms with Gasteiger partial charge in [-0.15, -0.1) is 0 Å². The van der Waals surface area contributed by atoms with Crippen molar-refractivity contribution in [2.75, 3.05) is 5.32 Å². The first-order valence-electron chi connectivity index (χ1n) is 10.2. The molecule has 0 unspecified atom stereocenters. The van der Waals surface area contributed by atoms with Gasteiger partial charge >= 0.3 is 6.18 Å². The number of aryl methyl sites for hydroxylation is 1. The topological polar surface area (TPSA) is 81.9 Å². The summed E-state index contributed by atoms with van der Waals surface area (Å²) in [7, 11) is 1.80. The Labute approximate surface area is 207 Å². The van der Waals surface area contributed by atoms with Crippen molar-refractivity contribution in [2.45, 2.75) is 6.18 Å². The number of hydrogen-bond donors (Lipinski definition) is 1. The molecule has 0 radical (unpaired) electrons. The largest absolute Gasteiger partial charge is 0.437 e. The molecule has 184 valence electrons. The fraction of sp³-hybridized carbons (Fsp3) is 0.0833. The molecule has 2 aromatic heterocycles. The van der Waals surface area contributed by atoms with Crippen LogP contribution in [0.1, 0.15) is 11.1 Å². The number of nitrogens with one attached hydrogen (secondary N) is 1. The van der Waals surface area contributed by atoms with Gasteiger partial charge in [-0.2, -0.15) is 18.2 Å². The molecule has 12 heteroatoms. The second kappa shape index (κ2) is 10.2. The molecule has 0 saturated carbocycles. The first-order chi connectivity index (χ1) is 17.1. The number of amides is 1. The molecule has 4 rings (SSSR count). The van der Waals surface area contributed by atoms with Crippen LogP contribution in [-0.2, 0) is 18.0 Å². The summed E-state index contributed by atoms with van der Waals surface area (Å²) in [6, 6.07) is 8.44. The van der Waals surface area contributed by atoms with Gasteiger partial charge in [-0.25, -0.2) is 14.4 Å². The lowest BCUT2D eigenvalue weighted by Gasteiger charge is -2.10. The van der Waals surface area contributed by atoms with Gasteiger partial charge in [0.1, 0.15) is 11.6 Å². The van der Waals surface area contributed by atoms with Crippen LogP contribution in [0.25, 0.3) is 17.7 Å². The van der Waals surface area contributed by atoms with Crippen molar-refractivity contribution in [2.24, 2.45) is 7.05 Å². The first kappa shape index (κ1) is 24.9. The monoisotopic (exact) mass is 517 g/mol. The van der Waals surface area contributed by atoms with E-state index in [0.29, 0.717) is 29.3 Å². The molecule has 1 amide bonds. The van der Waals surface area contributed by atoms with Gasteiger partial charge in [0.25, 0.3) is 0 Å². The molecule has 2 heterocycles. The van der Waals surface area contributed by atoms with E-state index in [4.69, 9.17) is 16.3 Å². The van der Waals surface area contributed by atoms with Crippen molar-refractivity contribution < 1.29 is 27.1 Å². The summed E-state index contributed by atoms with van der Waals surface area (Å²) in [6.45, 7) is 0. The van der Waals surface area contributed by atoms with Gasteiger partial charge in [-0.3, -0.25) is 4.79 Å². The van der Waals surface area contributed by atoms with Crippen molar-refractivity contribution in [3.05, 3.63) is 89.1 Å². The zero-order valence-corrected chi connectivity index (χ0v) is 19.2. The van der Waals surface area contributed by atoms with Gasteiger partial charge in [0, 0.05) is 43.5 Å². The van der Waals surface area contributed by atoms with E-state index in [2.05, 4.69) is 20.3 Å². The third kappa shape index (κ3) is 5.87. The van der Waals surface area contributed by atoms with Crippen LogP contribution in [0.2, 0.25) is 5.02 Å². The highest BCUT2D eigenvalue weighted by atomic mass is 35.5. The number of hydrogen-bond acceptors (Lipinski definition) is 5. The molecule has 7 nitrogen and oxygen atoms in total. The van der Waals surface area contributed by atoms with E-state index in [1.807, 2.05) is 0 Å². The Bertz CT molecular complexity index is 1450. The van der Waals surface area contributed by atoms with Crippen LogP contribution in [0.3, 0.4) is 0 Å². The van der Waals surface area contributed by atoms with Crippen LogP contribution in [-0.4, -0.2) is 25.4 Å². The van der Waals surface area contributed by atoms with Crippen molar-refractivity contribution >= 4 is 29.3 Å². The molecule has 0 spiro atoms. The van der Waals surface area contributed by atoms with Crippen molar-refractivity contribution in [1.29, 1.82) is 0 Å². The van der Waals surface area contributed by atoms with Crippen LogP contribution < -0.4 is 10.1 Å². The van der Waals surface area contributed by atoms with E-state index >= 15 is 0 Å². The Hall–Kier alpha value is -4.25. The Balaban J connectivity index is 1.48. The number of alkyl halides is 3. The summed E-state index contributed by atoms with van der Waals surface area (Å²) in [5.74, 6) is -0.809. The van der Waals surface area contributed by atoms with Crippen molar-refractivity contribution in [3.8, 4) is 23.3 Å². The zero-order valence-electron chi connectivity index (χ0n) is 18.4. The number of benzene rings is 2. The smallest absolute Gasteiger partial charge is 0.419 e. The maximum atomic E-state index is 13.4. The SMILES string of the molecule is Cn1ccnc1-c1nccc(Oc2cc(/C=C/C(=O)Nc3ccc(F)c(C(F)(F)F)c3)ccc2Cl)n1. The fourth-order valence-electron chi connectivity index (χ4n) is 3.08. The van der Waals surface area contributed by atoms with Crippen molar-refractivity contribution in [3.63, 3.8) is 0 Å². The molecular weight excluding hydrogens is 502 g/mol. The molecule has 2 aromatic carbocycles. The van der Waals surface area contributed by atoms with Gasteiger partial charge in [0.15, 0.2) is 11.6 Å². The van der Waals surface area contributed by atoms with Gasteiger partial charge in [0.05, 0.1) is 10.6 Å². The van der Waals surface area contributed by atoms with E-state index in [0.717, 1.165) is 12.1 Å². The van der Waals surface area contributed by atoms with E-state index in [-0.39, 0.29) is 22.3 Å². The number of ether oxygens (including phenoxy) is 1. The standard InChI is InChI=1S/C24H16ClF4N5O2/c1-34-11-10-31-23(34)22-30-9-8-21(33-22)36-19-12-14(2-5-17(19)25)3-7-20(35)32-15-4-6-18(26)16(13-15)24(27,28)29/h2-13H,1H3,(H,32,35)/b7-3+. The molecule has 0 fully saturated rings. The predicted octanol–water partition coefficient (Wildman–Crippen LogP) is 6.13. The van der Waals surface area contributed by atoms with E-state index < -0.39 is 23.5 Å². The minimum absolute atomic E-state index is 0.203. The van der Waals surface area contributed by atoms with Gasteiger partial charge in [-0.1, -0.05) is 17.7 Å². The Kier molecular flexibility index (Phi) is 7.02. The summed E-state index contributed by atoms with van der Waals surface area (Å²) in [5.41, 5.74) is -1.16. The van der Waals surface area contributed by atoms with Gasteiger partial charge in [0.2, 0.25) is 11.8 Å². The fourth-order valence-corrected chi connectivity index (χ4v) is 3.23. The molecule has 0 aliphatic rings. The summed E-state index contributed by atoms with van der Waals surface area (Å²) in [4.78, 5) is 24.9. The maximum Gasteiger partial charge on any atom is 0.419 e. The average molecular weight is 518 g/mol. The second-order valence-electron chi connectivity index (χ2n) is 7.39. The van der Waals surface area contributed by atoms with Crippen LogP contribution >= 0.6 is 11.6 Å². The molecule has 1 N–H and O–H groups in total. The second-order valence-corrected chi connectivity index (χ2v) is 7.79. The first-order valence-corrected chi connectivity index (χ1v) is 10.6. The van der Waals surface area contributed by atoms with Gasteiger partial charge < -0.3 is 14.6 Å². The summed E-state index contributed by atoms with van der Waals surface area (Å²) in [6.07, 6.45) is 2.50. The number of halogens is 5. The van der Waals surface area contributed by atoms with Crippen molar-refractivity contribution in [1.82, 2.24) is 19.5 Å². The molecular formula is C24H16ClF4N5O2. The number of rotatable bonds is 6. The third-order valence-corrected chi connectivity index (χ3v) is 5.10. The van der Waals surface area contributed by atoms with Crippen LogP contribution in [0.4, 0.5) is 23.2 Å². The van der Waals surface area contributed by atoms with E-state index in [9.17, 15) is 22.4 Å². The summed E-state index contributed by atoms with van der Waals surface area (Å²) >= 11 is 6.23. The highest BCUT2D eigenvalue weighted by Gasteiger charge is 2.34. The number of nitrogens with zero attached hydrogens (tertiary/aromatic N) is 4.